The predicted octanol–water partition coefficient (Wildman–Crippen LogP) is 0.0363. The van der Waals surface area contributed by atoms with Crippen LogP contribution in [0.2, 0.25) is 0 Å². The van der Waals surface area contributed by atoms with Gasteiger partial charge in [0, 0.05) is 18.6 Å². The minimum absolute atomic E-state index is 0. The SMILES string of the molecule is [V].c1c[n-]cn1. The minimum atomic E-state index is 0. The molecule has 0 aliphatic rings. The molecule has 0 unspecified atom stereocenters. The van der Waals surface area contributed by atoms with E-state index in [1.54, 1.807) is 12.4 Å². The first-order chi connectivity index (χ1) is 2.50. The maximum atomic E-state index is 3.61. The van der Waals surface area contributed by atoms with Crippen molar-refractivity contribution >= 4 is 0 Å². The van der Waals surface area contributed by atoms with Gasteiger partial charge >= 0.3 is 0 Å². The van der Waals surface area contributed by atoms with Gasteiger partial charge in [0.25, 0.3) is 0 Å². The molecular weight excluding hydrogens is 115 g/mol. The second-order valence-electron chi connectivity index (χ2n) is 0.712. The van der Waals surface area contributed by atoms with Gasteiger partial charge in [0.15, 0.2) is 0 Å². The van der Waals surface area contributed by atoms with Gasteiger partial charge in [-0.05, 0) is 0 Å². The Kier molecular flexibility index (Phi) is 2.90. The number of nitrogens with zero attached hydrogens (tertiary/aromatic N) is 2. The Balaban J connectivity index is 0.000000250. The van der Waals surface area contributed by atoms with Gasteiger partial charge in [-0.25, -0.2) is 0 Å². The summed E-state index contributed by atoms with van der Waals surface area (Å²) in [5.74, 6) is 0. The molecule has 1 radical (unpaired) electrons. The molecule has 0 saturated heterocycles. The van der Waals surface area contributed by atoms with E-state index in [1.807, 2.05) is 0 Å². The van der Waals surface area contributed by atoms with E-state index in [-0.39, 0.29) is 18.6 Å². The van der Waals surface area contributed by atoms with Gasteiger partial charge in [0.2, 0.25) is 0 Å². The first kappa shape index (κ1) is 5.79. The fourth-order valence-electron chi connectivity index (χ4n) is 0.192. The van der Waals surface area contributed by atoms with Crippen molar-refractivity contribution in [2.24, 2.45) is 0 Å². The van der Waals surface area contributed by atoms with Crippen LogP contribution in [0.3, 0.4) is 0 Å². The van der Waals surface area contributed by atoms with Crippen LogP contribution in [0, 0.1) is 0 Å². The van der Waals surface area contributed by atoms with Crippen LogP contribution < -0.4 is 4.98 Å². The Bertz CT molecular complexity index is 65.3. The molecule has 2 nitrogen and oxygen atoms in total. The molecular formula is C3H3N2V-. The Hall–Kier alpha value is -0.206. The van der Waals surface area contributed by atoms with E-state index in [0.717, 1.165) is 0 Å². The summed E-state index contributed by atoms with van der Waals surface area (Å²) in [6.45, 7) is 0. The van der Waals surface area contributed by atoms with Crippen LogP contribution in [0.15, 0.2) is 18.7 Å². The molecule has 0 bridgehead atoms. The van der Waals surface area contributed by atoms with Crippen LogP contribution in [-0.4, -0.2) is 4.98 Å². The van der Waals surface area contributed by atoms with Crippen LogP contribution in [0.4, 0.5) is 0 Å². The molecule has 0 aromatic carbocycles. The number of hydrogen-bond acceptors (Lipinski definition) is 1. The maximum Gasteiger partial charge on any atom is 0 e. The molecule has 1 aromatic heterocycles. The van der Waals surface area contributed by atoms with E-state index in [0.29, 0.717) is 0 Å². The van der Waals surface area contributed by atoms with Crippen molar-refractivity contribution in [3.63, 3.8) is 0 Å². The van der Waals surface area contributed by atoms with Gasteiger partial charge in [-0.1, -0.05) is 18.7 Å². The summed E-state index contributed by atoms with van der Waals surface area (Å²) in [7, 11) is 0. The van der Waals surface area contributed by atoms with Crippen molar-refractivity contribution < 1.29 is 18.6 Å². The van der Waals surface area contributed by atoms with Crippen molar-refractivity contribution in [2.45, 2.75) is 0 Å². The van der Waals surface area contributed by atoms with Crippen molar-refractivity contribution in [1.82, 2.24) is 9.97 Å². The zero-order valence-corrected chi connectivity index (χ0v) is 4.47. The second-order valence-corrected chi connectivity index (χ2v) is 0.712. The van der Waals surface area contributed by atoms with Crippen LogP contribution >= 0.6 is 0 Å². The molecule has 0 N–H and O–H groups in total. The molecule has 1 aromatic rings. The van der Waals surface area contributed by atoms with E-state index in [4.69, 9.17) is 0 Å². The Morgan fingerprint density at radius 3 is 2.50 bits per heavy atom. The summed E-state index contributed by atoms with van der Waals surface area (Å²) in [6, 6.07) is 0. The molecule has 0 fully saturated rings. The van der Waals surface area contributed by atoms with Crippen molar-refractivity contribution in [3.05, 3.63) is 18.7 Å². The second kappa shape index (κ2) is 3.00. The predicted molar refractivity (Wildman–Crippen MR) is 17.6 cm³/mol. The largest absolute Gasteiger partial charge is 0.450 e. The first-order valence-corrected chi connectivity index (χ1v) is 1.37. The summed E-state index contributed by atoms with van der Waals surface area (Å²) < 4.78 is 0. The van der Waals surface area contributed by atoms with Crippen LogP contribution in [0.5, 0.6) is 0 Å². The maximum absolute atomic E-state index is 3.61. The summed E-state index contributed by atoms with van der Waals surface area (Å²) in [5, 5.41) is 0. The van der Waals surface area contributed by atoms with Gasteiger partial charge in [0.1, 0.15) is 0 Å². The van der Waals surface area contributed by atoms with E-state index in [9.17, 15) is 0 Å². The summed E-state index contributed by atoms with van der Waals surface area (Å²) in [5.41, 5.74) is 0. The molecule has 0 spiro atoms. The van der Waals surface area contributed by atoms with Crippen LogP contribution in [-0.2, 0) is 18.6 Å². The average Bonchev–Trinajstić information content (AvgIpc) is 1.76. The zero-order chi connectivity index (χ0) is 3.54. The molecule has 3 heteroatoms. The molecule has 0 aliphatic carbocycles. The third-order valence-electron chi connectivity index (χ3n) is 0.372. The monoisotopic (exact) mass is 118 g/mol. The molecule has 1 rings (SSSR count). The van der Waals surface area contributed by atoms with Crippen molar-refractivity contribution in [3.8, 4) is 0 Å². The molecule has 0 amide bonds. The molecule has 0 aliphatic heterocycles. The fourth-order valence-corrected chi connectivity index (χ4v) is 0.192. The fraction of sp³-hybridized carbons (Fsp3) is 0. The van der Waals surface area contributed by atoms with Crippen molar-refractivity contribution in [1.29, 1.82) is 0 Å². The topological polar surface area (TPSA) is 27.0 Å². The Morgan fingerprint density at radius 1 is 1.50 bits per heavy atom. The Morgan fingerprint density at radius 2 is 2.33 bits per heavy atom. The zero-order valence-electron chi connectivity index (χ0n) is 3.07. The van der Waals surface area contributed by atoms with E-state index >= 15 is 0 Å². The number of rotatable bonds is 0. The average molecular weight is 118 g/mol. The summed E-state index contributed by atoms with van der Waals surface area (Å²) in [6.07, 6.45) is 4.78. The van der Waals surface area contributed by atoms with Crippen molar-refractivity contribution in [2.75, 3.05) is 0 Å². The minimum Gasteiger partial charge on any atom is -0.450 e. The molecule has 0 saturated carbocycles. The normalized spacial score (nSPS) is 6.67. The smallest absolute Gasteiger partial charge is 0 e. The molecule has 6 heavy (non-hydrogen) atoms. The van der Waals surface area contributed by atoms with Gasteiger partial charge in [-0.15, -0.1) is 0 Å². The Labute approximate surface area is 47.9 Å². The molecule has 31 valence electrons. The molecule has 1 heterocycles. The van der Waals surface area contributed by atoms with Crippen LogP contribution in [0.25, 0.3) is 0 Å². The standard InChI is InChI=1S/C3H3N2.V/c1-2-5-3-4-1;/h1-3H;/q-1;. The third-order valence-corrected chi connectivity index (χ3v) is 0.372. The first-order valence-electron chi connectivity index (χ1n) is 1.37. The van der Waals surface area contributed by atoms with E-state index < -0.39 is 0 Å². The van der Waals surface area contributed by atoms with E-state index in [2.05, 4.69) is 9.97 Å². The summed E-state index contributed by atoms with van der Waals surface area (Å²) >= 11 is 0. The summed E-state index contributed by atoms with van der Waals surface area (Å²) in [4.78, 5) is 7.22. The van der Waals surface area contributed by atoms with Gasteiger partial charge in [0.05, 0.1) is 0 Å². The molecule has 0 atom stereocenters. The van der Waals surface area contributed by atoms with Gasteiger partial charge < -0.3 is 9.97 Å². The number of imidazole rings is 1. The van der Waals surface area contributed by atoms with Gasteiger partial charge in [-0.2, -0.15) is 0 Å². The van der Waals surface area contributed by atoms with E-state index in [1.165, 1.54) is 6.33 Å². The quantitative estimate of drug-likeness (QED) is 0.480. The number of hydrogen-bond donors (Lipinski definition) is 0. The van der Waals surface area contributed by atoms with Gasteiger partial charge in [-0.3, -0.25) is 0 Å². The third kappa shape index (κ3) is 1.29. The van der Waals surface area contributed by atoms with Crippen LogP contribution in [0.1, 0.15) is 0 Å². The number of aromatic nitrogens is 2.